The van der Waals surface area contributed by atoms with E-state index in [-0.39, 0.29) is 49.0 Å². The third-order valence-electron chi connectivity index (χ3n) is 8.39. The van der Waals surface area contributed by atoms with Gasteiger partial charge in [0, 0.05) is 0 Å². The summed E-state index contributed by atoms with van der Waals surface area (Å²) >= 11 is 0. The third-order valence-corrected chi connectivity index (χ3v) is 10.2. The first-order valence-electron chi connectivity index (χ1n) is 16.7. The summed E-state index contributed by atoms with van der Waals surface area (Å²) in [5, 5.41) is 28.5. The molecule has 1 saturated heterocycles. The first-order valence-corrected chi connectivity index (χ1v) is 18.3. The lowest BCUT2D eigenvalue weighted by Crippen LogP contribution is -2.47. The standard InChI is InChI=1S/C34H44N7O10P/c1-5-48-30(43)23(17-21-13-9-7-10-14-21)39-52(46,40-24(31(44)49-6-2)18-22-15-11-8-12-16-22)50-19-25-27(42)34(3,45)32(51-25)41-20-36-26-28(41)37-33(35)38-29(26)47-4/h7-16,20,23-25,27,32,42,45H,5-6,17-19H2,1-4H3,(H2,35,37,38)(H2,39,40,46)/t23-,24+,25-,27?,32-,34+,52?/m1/s1. The van der Waals surface area contributed by atoms with Crippen molar-refractivity contribution in [2.24, 2.45) is 0 Å². The van der Waals surface area contributed by atoms with E-state index in [2.05, 4.69) is 25.1 Å². The Bertz CT molecular complexity index is 1790. The minimum atomic E-state index is -4.46. The van der Waals surface area contributed by atoms with Crippen LogP contribution in [0.1, 0.15) is 38.1 Å². The van der Waals surface area contributed by atoms with Gasteiger partial charge in [-0.3, -0.25) is 18.7 Å². The zero-order chi connectivity index (χ0) is 37.5. The quantitative estimate of drug-likeness (QED) is 0.0770. The summed E-state index contributed by atoms with van der Waals surface area (Å²) in [7, 11) is -3.08. The number of hydrogen-bond donors (Lipinski definition) is 5. The van der Waals surface area contributed by atoms with E-state index >= 15 is 0 Å². The molecule has 2 aromatic heterocycles. The maximum Gasteiger partial charge on any atom is 0.342 e. The van der Waals surface area contributed by atoms with Gasteiger partial charge in [0.25, 0.3) is 0 Å². The van der Waals surface area contributed by atoms with Crippen LogP contribution in [-0.2, 0) is 45.7 Å². The molecule has 0 bridgehead atoms. The van der Waals surface area contributed by atoms with Gasteiger partial charge in [-0.1, -0.05) is 60.7 Å². The second kappa shape index (κ2) is 16.9. The van der Waals surface area contributed by atoms with Crippen LogP contribution in [0.3, 0.4) is 0 Å². The lowest BCUT2D eigenvalue weighted by atomic mass is 9.96. The highest BCUT2D eigenvalue weighted by Crippen LogP contribution is 2.44. The Morgan fingerprint density at radius 1 is 0.981 bits per heavy atom. The monoisotopic (exact) mass is 741 g/mol. The molecule has 7 atom stereocenters. The van der Waals surface area contributed by atoms with Gasteiger partial charge in [-0.2, -0.15) is 9.97 Å². The highest BCUT2D eigenvalue weighted by molar-refractivity contribution is 7.54. The van der Waals surface area contributed by atoms with Crippen LogP contribution >= 0.6 is 7.67 Å². The van der Waals surface area contributed by atoms with Crippen LogP contribution in [0.5, 0.6) is 5.88 Å². The number of fused-ring (bicyclic) bond motifs is 1. The molecular weight excluding hydrogens is 697 g/mol. The zero-order valence-corrected chi connectivity index (χ0v) is 30.1. The molecule has 280 valence electrons. The number of nitrogen functional groups attached to an aromatic ring is 1. The molecular formula is C34H44N7O10P. The molecule has 2 unspecified atom stereocenters. The van der Waals surface area contributed by atoms with E-state index in [4.69, 9.17) is 29.2 Å². The summed E-state index contributed by atoms with van der Waals surface area (Å²) in [6, 6.07) is 15.6. The van der Waals surface area contributed by atoms with Crippen LogP contribution in [0.25, 0.3) is 11.2 Å². The number of nitrogens with one attached hydrogen (secondary N) is 2. The number of aromatic nitrogens is 4. The molecule has 2 aromatic carbocycles. The van der Waals surface area contributed by atoms with Gasteiger partial charge >= 0.3 is 19.6 Å². The molecule has 4 aromatic rings. The van der Waals surface area contributed by atoms with Crippen molar-refractivity contribution in [1.82, 2.24) is 29.7 Å². The number of benzene rings is 2. The van der Waals surface area contributed by atoms with Crippen LogP contribution in [0.4, 0.5) is 5.95 Å². The van der Waals surface area contributed by atoms with E-state index in [1.807, 2.05) is 12.1 Å². The molecule has 0 aliphatic carbocycles. The van der Waals surface area contributed by atoms with Gasteiger partial charge in [0.1, 0.15) is 29.9 Å². The van der Waals surface area contributed by atoms with Crippen LogP contribution in [0.15, 0.2) is 67.0 Å². The minimum Gasteiger partial charge on any atom is -0.479 e. The van der Waals surface area contributed by atoms with Crippen molar-refractivity contribution in [2.45, 2.75) is 69.7 Å². The maximum atomic E-state index is 14.9. The molecule has 0 radical (unpaired) electrons. The number of nitrogens with two attached hydrogens (primary N) is 1. The molecule has 17 nitrogen and oxygen atoms in total. The van der Waals surface area contributed by atoms with E-state index in [1.54, 1.807) is 62.4 Å². The van der Waals surface area contributed by atoms with E-state index in [1.165, 1.54) is 24.9 Å². The number of rotatable bonds is 17. The predicted octanol–water partition coefficient (Wildman–Crippen LogP) is 2.08. The number of methoxy groups -OCH3 is 1. The molecule has 5 rings (SSSR count). The van der Waals surface area contributed by atoms with Crippen molar-refractivity contribution in [3.05, 3.63) is 78.1 Å². The van der Waals surface area contributed by atoms with Crippen molar-refractivity contribution in [3.8, 4) is 5.88 Å². The predicted molar refractivity (Wildman–Crippen MR) is 188 cm³/mol. The molecule has 6 N–H and O–H groups in total. The number of aliphatic hydroxyl groups is 2. The fraction of sp³-hybridized carbons (Fsp3) is 0.441. The minimum absolute atomic E-state index is 0.0494. The Morgan fingerprint density at radius 3 is 2.02 bits per heavy atom. The SMILES string of the molecule is CCOC(=O)[C@H](Cc1ccccc1)NP(=O)(N[C@H](Cc1ccccc1)C(=O)OCC)OC[C@H]1O[C@@H](n2cnc3c(OC)nc(N)nc32)[C@@](C)(O)C1O. The molecule has 18 heteroatoms. The van der Waals surface area contributed by atoms with Crippen molar-refractivity contribution < 1.29 is 47.8 Å². The van der Waals surface area contributed by atoms with Gasteiger partial charge < -0.3 is 39.4 Å². The average molecular weight is 742 g/mol. The summed E-state index contributed by atoms with van der Waals surface area (Å²) in [6.07, 6.45) is -2.74. The maximum absolute atomic E-state index is 14.9. The van der Waals surface area contributed by atoms with Gasteiger partial charge in [0.15, 0.2) is 17.4 Å². The number of hydrogen-bond acceptors (Lipinski definition) is 14. The molecule has 0 amide bonds. The van der Waals surface area contributed by atoms with Crippen LogP contribution in [-0.4, -0.2) is 98.5 Å². The van der Waals surface area contributed by atoms with E-state index in [9.17, 15) is 24.4 Å². The summed E-state index contributed by atoms with van der Waals surface area (Å²) in [5.74, 6) is -1.45. The third kappa shape index (κ3) is 8.93. The van der Waals surface area contributed by atoms with Crippen LogP contribution in [0, 0.1) is 0 Å². The molecule has 0 spiro atoms. The fourth-order valence-electron chi connectivity index (χ4n) is 5.85. The Labute approximate surface area is 300 Å². The Morgan fingerprint density at radius 2 is 1.52 bits per heavy atom. The second-order valence-electron chi connectivity index (χ2n) is 12.2. The Hall–Kier alpha value is -4.48. The summed E-state index contributed by atoms with van der Waals surface area (Å²) in [5.41, 5.74) is 5.77. The largest absolute Gasteiger partial charge is 0.479 e. The fourth-order valence-corrected chi connectivity index (χ4v) is 7.64. The van der Waals surface area contributed by atoms with Crippen LogP contribution < -0.4 is 20.6 Å². The number of esters is 2. The highest BCUT2D eigenvalue weighted by atomic mass is 31.2. The van der Waals surface area contributed by atoms with Gasteiger partial charge in [-0.05, 0) is 44.7 Å². The number of aliphatic hydroxyl groups excluding tert-OH is 1. The smallest absolute Gasteiger partial charge is 0.342 e. The summed E-state index contributed by atoms with van der Waals surface area (Å²) in [4.78, 5) is 39.1. The van der Waals surface area contributed by atoms with E-state index < -0.39 is 62.3 Å². The molecule has 1 fully saturated rings. The Balaban J connectivity index is 1.46. The summed E-state index contributed by atoms with van der Waals surface area (Å²) < 4.78 is 44.3. The molecule has 3 heterocycles. The van der Waals surface area contributed by atoms with Crippen molar-refractivity contribution in [2.75, 3.05) is 32.7 Å². The normalized spacial score (nSPS) is 22.4. The molecule has 0 saturated carbocycles. The zero-order valence-electron chi connectivity index (χ0n) is 29.2. The topological polar surface area (TPSA) is 232 Å². The molecule has 1 aliphatic heterocycles. The number of imidazole rings is 1. The summed E-state index contributed by atoms with van der Waals surface area (Å²) in [6.45, 7) is 4.15. The van der Waals surface area contributed by atoms with Gasteiger partial charge in [-0.15, -0.1) is 0 Å². The number of carbonyl (C=O) groups excluding carboxylic acids is 2. The Kier molecular flexibility index (Phi) is 12.6. The first kappa shape index (κ1) is 38.7. The van der Waals surface area contributed by atoms with Crippen molar-refractivity contribution >= 4 is 36.7 Å². The number of carbonyl (C=O) groups is 2. The van der Waals surface area contributed by atoms with Gasteiger partial charge in [-0.25, -0.2) is 15.2 Å². The lowest BCUT2D eigenvalue weighted by Gasteiger charge is -2.30. The van der Waals surface area contributed by atoms with Crippen molar-refractivity contribution in [3.63, 3.8) is 0 Å². The number of nitrogens with zero attached hydrogens (tertiary/aromatic N) is 4. The van der Waals surface area contributed by atoms with E-state index in [0.29, 0.717) is 0 Å². The van der Waals surface area contributed by atoms with Crippen LogP contribution in [0.2, 0.25) is 0 Å². The van der Waals surface area contributed by atoms with E-state index in [0.717, 1.165) is 11.1 Å². The second-order valence-corrected chi connectivity index (χ2v) is 14.1. The number of anilines is 1. The molecule has 1 aliphatic rings. The van der Waals surface area contributed by atoms with Gasteiger partial charge in [0.2, 0.25) is 11.8 Å². The van der Waals surface area contributed by atoms with Gasteiger partial charge in [0.05, 0.1) is 33.3 Å². The van der Waals surface area contributed by atoms with Crippen molar-refractivity contribution in [1.29, 1.82) is 0 Å². The highest BCUT2D eigenvalue weighted by Gasteiger charge is 2.54. The number of ether oxygens (including phenoxy) is 4. The average Bonchev–Trinajstić information content (AvgIpc) is 3.64. The first-order chi connectivity index (χ1) is 24.9. The lowest BCUT2D eigenvalue weighted by molar-refractivity contribution is -0.145. The molecule has 52 heavy (non-hydrogen) atoms.